The molecule has 4 nitrogen and oxygen atoms in total. The minimum atomic E-state index is -0.191. The maximum absolute atomic E-state index is 12.3. The summed E-state index contributed by atoms with van der Waals surface area (Å²) in [5.74, 6) is 0.104. The van der Waals surface area contributed by atoms with Gasteiger partial charge in [0, 0.05) is 5.56 Å². The molecule has 0 saturated carbocycles. The zero-order chi connectivity index (χ0) is 14.8. The number of thioether (sulfide) groups is 1. The zero-order valence-corrected chi connectivity index (χ0v) is 13.0. The Labute approximate surface area is 123 Å². The molecule has 0 aliphatic rings. The van der Waals surface area contributed by atoms with Gasteiger partial charge in [0.05, 0.1) is 5.25 Å². The van der Waals surface area contributed by atoms with E-state index in [1.165, 1.54) is 23.7 Å². The molecule has 0 amide bonds. The van der Waals surface area contributed by atoms with Crippen LogP contribution in [0.25, 0.3) is 0 Å². The van der Waals surface area contributed by atoms with Gasteiger partial charge in [0.1, 0.15) is 6.33 Å². The number of ketones is 1. The number of hydrogen-bond donors (Lipinski definition) is 1. The Morgan fingerprint density at radius 2 is 1.90 bits per heavy atom. The number of aromatic amines is 1. The minimum Gasteiger partial charge on any atom is -0.293 e. The molecule has 0 aliphatic heterocycles. The Hall–Kier alpha value is -1.62. The number of nitrogens with zero attached hydrogens (tertiary/aromatic N) is 2. The number of carbonyl (C=O) groups is 1. The summed E-state index contributed by atoms with van der Waals surface area (Å²) in [6.07, 6.45) is 1.44. The predicted molar refractivity (Wildman–Crippen MR) is 81.2 cm³/mol. The first kappa shape index (κ1) is 14.8. The van der Waals surface area contributed by atoms with Gasteiger partial charge in [-0.2, -0.15) is 5.10 Å². The highest BCUT2D eigenvalue weighted by molar-refractivity contribution is 8.00. The lowest BCUT2D eigenvalue weighted by Crippen LogP contribution is -2.15. The molecule has 106 valence electrons. The molecule has 20 heavy (non-hydrogen) atoms. The van der Waals surface area contributed by atoms with E-state index < -0.39 is 0 Å². The lowest BCUT2D eigenvalue weighted by Gasteiger charge is -2.19. The minimum absolute atomic E-state index is 0.0990. The maximum Gasteiger partial charge on any atom is 0.184 e. The third-order valence-electron chi connectivity index (χ3n) is 3.09. The molecule has 0 bridgehead atoms. The number of carbonyl (C=O) groups excluding carboxylic acids is 1. The molecule has 1 atom stereocenters. The van der Waals surface area contributed by atoms with Gasteiger partial charge >= 0.3 is 0 Å². The van der Waals surface area contributed by atoms with E-state index in [-0.39, 0.29) is 16.4 Å². The normalized spacial score (nSPS) is 13.2. The van der Waals surface area contributed by atoms with E-state index in [1.54, 1.807) is 0 Å². The standard InChI is InChI=1S/C15H19N3OS/c1-10(20-14-16-9-17-18-14)13(19)11-5-7-12(8-6-11)15(2,3)4/h5-10H,1-4H3,(H,16,17,18)/t10-/m1/s1. The summed E-state index contributed by atoms with van der Waals surface area (Å²) in [6.45, 7) is 8.36. The molecule has 0 spiro atoms. The van der Waals surface area contributed by atoms with Gasteiger partial charge in [-0.25, -0.2) is 4.98 Å². The fraction of sp³-hybridized carbons (Fsp3) is 0.400. The number of benzene rings is 1. The molecule has 1 aromatic carbocycles. The average molecular weight is 289 g/mol. The van der Waals surface area contributed by atoms with Crippen LogP contribution in [0.1, 0.15) is 43.6 Å². The van der Waals surface area contributed by atoms with Gasteiger partial charge in [-0.15, -0.1) is 0 Å². The number of Topliss-reactive ketones (excluding diaryl/α,β-unsaturated/α-hetero) is 1. The van der Waals surface area contributed by atoms with Crippen molar-refractivity contribution in [3.63, 3.8) is 0 Å². The Balaban J connectivity index is 2.09. The van der Waals surface area contributed by atoms with Crippen LogP contribution in [0.15, 0.2) is 35.7 Å². The smallest absolute Gasteiger partial charge is 0.184 e. The molecule has 1 aromatic heterocycles. The number of aromatic nitrogens is 3. The van der Waals surface area contributed by atoms with Crippen molar-refractivity contribution >= 4 is 17.5 Å². The first-order valence-electron chi connectivity index (χ1n) is 6.54. The number of rotatable bonds is 4. The van der Waals surface area contributed by atoms with Gasteiger partial charge in [-0.1, -0.05) is 56.8 Å². The van der Waals surface area contributed by atoms with Crippen LogP contribution in [0.2, 0.25) is 0 Å². The highest BCUT2D eigenvalue weighted by Gasteiger charge is 2.19. The molecule has 0 aliphatic carbocycles. The van der Waals surface area contributed by atoms with Crippen molar-refractivity contribution in [2.24, 2.45) is 0 Å². The number of H-pyrrole nitrogens is 1. The van der Waals surface area contributed by atoms with Crippen molar-refractivity contribution in [2.45, 2.75) is 43.5 Å². The van der Waals surface area contributed by atoms with Gasteiger partial charge in [0.15, 0.2) is 10.9 Å². The molecule has 0 radical (unpaired) electrons. The molecule has 0 fully saturated rings. The molecular weight excluding hydrogens is 270 g/mol. The quantitative estimate of drug-likeness (QED) is 0.691. The summed E-state index contributed by atoms with van der Waals surface area (Å²) in [5.41, 5.74) is 2.06. The second-order valence-electron chi connectivity index (χ2n) is 5.74. The summed E-state index contributed by atoms with van der Waals surface area (Å²) < 4.78 is 0. The molecule has 0 saturated heterocycles. The van der Waals surface area contributed by atoms with E-state index in [0.717, 1.165) is 5.56 Å². The third-order valence-corrected chi connectivity index (χ3v) is 4.07. The van der Waals surface area contributed by atoms with Crippen molar-refractivity contribution in [1.82, 2.24) is 15.2 Å². The monoisotopic (exact) mass is 289 g/mol. The van der Waals surface area contributed by atoms with Crippen LogP contribution in [0.4, 0.5) is 0 Å². The fourth-order valence-corrected chi connectivity index (χ4v) is 2.63. The molecule has 0 unspecified atom stereocenters. The van der Waals surface area contributed by atoms with Gasteiger partial charge in [-0.05, 0) is 17.9 Å². The van der Waals surface area contributed by atoms with Crippen molar-refractivity contribution in [1.29, 1.82) is 0 Å². The molecule has 2 aromatic rings. The molecule has 5 heteroatoms. The SMILES string of the molecule is C[C@@H](Sc1ncn[nH]1)C(=O)c1ccc(C(C)(C)C)cc1. The van der Waals surface area contributed by atoms with Gasteiger partial charge in [0.25, 0.3) is 0 Å². The van der Waals surface area contributed by atoms with Gasteiger partial charge < -0.3 is 0 Å². The second-order valence-corrected chi connectivity index (χ2v) is 7.07. The average Bonchev–Trinajstić information content (AvgIpc) is 2.90. The lowest BCUT2D eigenvalue weighted by molar-refractivity contribution is 0.0994. The summed E-state index contributed by atoms with van der Waals surface area (Å²) in [6, 6.07) is 7.86. The first-order valence-corrected chi connectivity index (χ1v) is 7.42. The van der Waals surface area contributed by atoms with Gasteiger partial charge in [-0.3, -0.25) is 9.89 Å². The van der Waals surface area contributed by atoms with Crippen LogP contribution in [-0.2, 0) is 5.41 Å². The van der Waals surface area contributed by atoms with Crippen LogP contribution >= 0.6 is 11.8 Å². The second kappa shape index (κ2) is 5.79. The lowest BCUT2D eigenvalue weighted by atomic mass is 9.86. The summed E-state index contributed by atoms with van der Waals surface area (Å²) >= 11 is 1.38. The van der Waals surface area contributed by atoms with Crippen LogP contribution in [0.5, 0.6) is 0 Å². The number of nitrogens with one attached hydrogen (secondary N) is 1. The molecule has 2 rings (SSSR count). The largest absolute Gasteiger partial charge is 0.293 e. The van der Waals surface area contributed by atoms with E-state index in [2.05, 4.69) is 36.0 Å². The van der Waals surface area contributed by atoms with Gasteiger partial charge in [0.2, 0.25) is 0 Å². The van der Waals surface area contributed by atoms with E-state index in [1.807, 2.05) is 31.2 Å². The number of hydrogen-bond acceptors (Lipinski definition) is 4. The van der Waals surface area contributed by atoms with Crippen molar-refractivity contribution in [3.8, 4) is 0 Å². The third kappa shape index (κ3) is 3.48. The Bertz CT molecular complexity index is 570. The van der Waals surface area contributed by atoms with Crippen LogP contribution < -0.4 is 0 Å². The Kier molecular flexibility index (Phi) is 4.28. The van der Waals surface area contributed by atoms with Crippen molar-refractivity contribution < 1.29 is 4.79 Å². The summed E-state index contributed by atoms with van der Waals surface area (Å²) in [4.78, 5) is 16.4. The highest BCUT2D eigenvalue weighted by Crippen LogP contribution is 2.25. The van der Waals surface area contributed by atoms with Crippen LogP contribution in [0.3, 0.4) is 0 Å². The summed E-state index contributed by atoms with van der Waals surface area (Å²) in [5, 5.41) is 7.00. The zero-order valence-electron chi connectivity index (χ0n) is 12.2. The first-order chi connectivity index (χ1) is 9.38. The van der Waals surface area contributed by atoms with Crippen molar-refractivity contribution in [3.05, 3.63) is 41.7 Å². The Morgan fingerprint density at radius 1 is 1.25 bits per heavy atom. The molecule has 1 N–H and O–H groups in total. The molecular formula is C15H19N3OS. The van der Waals surface area contributed by atoms with Crippen LogP contribution in [-0.4, -0.2) is 26.2 Å². The maximum atomic E-state index is 12.3. The van der Waals surface area contributed by atoms with Crippen LogP contribution in [0, 0.1) is 0 Å². The van der Waals surface area contributed by atoms with E-state index in [0.29, 0.717) is 5.16 Å². The summed E-state index contributed by atoms with van der Waals surface area (Å²) in [7, 11) is 0. The topological polar surface area (TPSA) is 58.6 Å². The highest BCUT2D eigenvalue weighted by atomic mass is 32.2. The molecule has 1 heterocycles. The fourth-order valence-electron chi connectivity index (χ4n) is 1.84. The van der Waals surface area contributed by atoms with E-state index in [4.69, 9.17) is 0 Å². The Morgan fingerprint density at radius 3 is 2.40 bits per heavy atom. The van der Waals surface area contributed by atoms with E-state index in [9.17, 15) is 4.79 Å². The predicted octanol–water partition coefficient (Wildman–Crippen LogP) is 3.47. The van der Waals surface area contributed by atoms with E-state index >= 15 is 0 Å². The van der Waals surface area contributed by atoms with Crippen molar-refractivity contribution in [2.75, 3.05) is 0 Å².